The van der Waals surface area contributed by atoms with E-state index in [2.05, 4.69) is 12.3 Å². The fourth-order valence-electron chi connectivity index (χ4n) is 5.01. The second-order valence-electron chi connectivity index (χ2n) is 8.32. The first kappa shape index (κ1) is 20.7. The van der Waals surface area contributed by atoms with Crippen molar-refractivity contribution in [3.63, 3.8) is 0 Å². The Labute approximate surface area is 174 Å². The molecule has 1 unspecified atom stereocenters. The molecule has 4 rings (SSSR count). The first-order chi connectivity index (χ1) is 14.5. The molecule has 0 spiro atoms. The average Bonchev–Trinajstić information content (AvgIpc) is 2.76. The zero-order valence-electron chi connectivity index (χ0n) is 16.7. The SMILES string of the molecule is C=C=COC1CCC(C2CCc3c(ccc(-c4cc(F)c(F)c(F)c4)c3F)C2)CC1. The average molecular weight is 416 g/mol. The number of hydrogen-bond donors (Lipinski definition) is 0. The largest absolute Gasteiger partial charge is 0.490 e. The zero-order chi connectivity index (χ0) is 21.3. The standard InChI is InChI=1S/C25H24F4O/c1-2-11-30-19-7-3-15(4-8-19)16-5-9-20-17(12-16)6-10-21(24(20)28)18-13-22(26)25(29)23(27)14-18/h6,10-11,13-16,19H,1,3-5,7-9,12H2. The summed E-state index contributed by atoms with van der Waals surface area (Å²) >= 11 is 0. The summed E-state index contributed by atoms with van der Waals surface area (Å²) < 4.78 is 61.2. The van der Waals surface area contributed by atoms with E-state index in [1.807, 2.05) is 6.07 Å². The molecule has 0 aromatic heterocycles. The normalized spacial score (nSPS) is 23.4. The molecule has 1 fully saturated rings. The van der Waals surface area contributed by atoms with Crippen LogP contribution in [0.5, 0.6) is 0 Å². The van der Waals surface area contributed by atoms with Crippen LogP contribution in [0.15, 0.2) is 42.8 Å². The van der Waals surface area contributed by atoms with Crippen molar-refractivity contribution in [2.75, 3.05) is 0 Å². The Hall–Kier alpha value is -2.52. The predicted molar refractivity (Wildman–Crippen MR) is 108 cm³/mol. The second kappa shape index (κ2) is 8.69. The molecule has 1 saturated carbocycles. The van der Waals surface area contributed by atoms with Gasteiger partial charge in [-0.15, -0.1) is 0 Å². The predicted octanol–water partition coefficient (Wildman–Crippen LogP) is 6.89. The molecule has 0 radical (unpaired) electrons. The molecule has 0 aliphatic heterocycles. The molecule has 2 aromatic carbocycles. The molecule has 30 heavy (non-hydrogen) atoms. The van der Waals surface area contributed by atoms with Crippen molar-refractivity contribution >= 4 is 0 Å². The van der Waals surface area contributed by atoms with Crippen LogP contribution in [0, 0.1) is 35.1 Å². The minimum absolute atomic E-state index is 0.0146. The first-order valence-electron chi connectivity index (χ1n) is 10.4. The fraction of sp³-hybridized carbons (Fsp3) is 0.400. The highest BCUT2D eigenvalue weighted by Crippen LogP contribution is 2.40. The van der Waals surface area contributed by atoms with Gasteiger partial charge >= 0.3 is 0 Å². The van der Waals surface area contributed by atoms with Gasteiger partial charge in [-0.1, -0.05) is 24.4 Å². The summed E-state index contributed by atoms with van der Waals surface area (Å²) in [4.78, 5) is 0. The molecule has 2 aromatic rings. The highest BCUT2D eigenvalue weighted by Gasteiger charge is 2.32. The Kier molecular flexibility index (Phi) is 6.01. The van der Waals surface area contributed by atoms with E-state index < -0.39 is 23.3 Å². The smallest absolute Gasteiger partial charge is 0.194 e. The molecule has 0 N–H and O–H groups in total. The molecule has 0 bridgehead atoms. The van der Waals surface area contributed by atoms with E-state index in [0.717, 1.165) is 56.2 Å². The summed E-state index contributed by atoms with van der Waals surface area (Å²) in [5.41, 5.74) is 4.34. The first-order valence-corrected chi connectivity index (χ1v) is 10.4. The molecule has 5 heteroatoms. The summed E-state index contributed by atoms with van der Waals surface area (Å²) in [6, 6.07) is 5.09. The number of fused-ring (bicyclic) bond motifs is 1. The van der Waals surface area contributed by atoms with Crippen molar-refractivity contribution in [3.05, 3.63) is 77.2 Å². The maximum Gasteiger partial charge on any atom is 0.194 e. The van der Waals surface area contributed by atoms with Crippen molar-refractivity contribution < 1.29 is 22.3 Å². The number of ether oxygens (including phenoxy) is 1. The van der Waals surface area contributed by atoms with Gasteiger partial charge in [-0.2, -0.15) is 0 Å². The summed E-state index contributed by atoms with van der Waals surface area (Å²) in [7, 11) is 0. The van der Waals surface area contributed by atoms with Gasteiger partial charge in [-0.05, 0) is 85.6 Å². The van der Waals surface area contributed by atoms with Gasteiger partial charge in [0.1, 0.15) is 12.1 Å². The topological polar surface area (TPSA) is 9.23 Å². The van der Waals surface area contributed by atoms with Crippen molar-refractivity contribution in [3.8, 4) is 11.1 Å². The number of benzene rings is 2. The molecule has 2 aliphatic carbocycles. The monoisotopic (exact) mass is 416 g/mol. The van der Waals surface area contributed by atoms with Gasteiger partial charge in [-0.25, -0.2) is 17.6 Å². The van der Waals surface area contributed by atoms with Crippen molar-refractivity contribution in [1.29, 1.82) is 0 Å². The van der Waals surface area contributed by atoms with E-state index in [0.29, 0.717) is 23.8 Å². The van der Waals surface area contributed by atoms with E-state index in [9.17, 15) is 13.2 Å². The zero-order valence-corrected chi connectivity index (χ0v) is 16.7. The van der Waals surface area contributed by atoms with Crippen molar-refractivity contribution in [1.82, 2.24) is 0 Å². The van der Waals surface area contributed by atoms with Crippen molar-refractivity contribution in [2.45, 2.75) is 51.0 Å². The van der Waals surface area contributed by atoms with Crippen LogP contribution in [0.1, 0.15) is 43.2 Å². The highest BCUT2D eigenvalue weighted by atomic mass is 19.2. The molecule has 158 valence electrons. The second-order valence-corrected chi connectivity index (χ2v) is 8.32. The molecular weight excluding hydrogens is 392 g/mol. The van der Waals surface area contributed by atoms with Gasteiger partial charge in [0.25, 0.3) is 0 Å². The van der Waals surface area contributed by atoms with Gasteiger partial charge in [0, 0.05) is 5.56 Å². The van der Waals surface area contributed by atoms with E-state index in [4.69, 9.17) is 4.74 Å². The summed E-state index contributed by atoms with van der Waals surface area (Å²) in [6.45, 7) is 3.51. The summed E-state index contributed by atoms with van der Waals surface area (Å²) in [5, 5.41) is 0. The number of hydrogen-bond acceptors (Lipinski definition) is 1. The Morgan fingerprint density at radius 2 is 1.60 bits per heavy atom. The maximum absolute atomic E-state index is 15.2. The maximum atomic E-state index is 15.2. The van der Waals surface area contributed by atoms with E-state index >= 15 is 4.39 Å². The minimum atomic E-state index is -1.54. The van der Waals surface area contributed by atoms with Crippen LogP contribution in [-0.2, 0) is 17.6 Å². The number of halogens is 4. The van der Waals surface area contributed by atoms with Crippen LogP contribution in [0.4, 0.5) is 17.6 Å². The lowest BCUT2D eigenvalue weighted by molar-refractivity contribution is 0.0719. The third kappa shape index (κ3) is 4.04. The third-order valence-electron chi connectivity index (χ3n) is 6.61. The Morgan fingerprint density at radius 3 is 2.27 bits per heavy atom. The van der Waals surface area contributed by atoms with Gasteiger partial charge < -0.3 is 4.74 Å². The number of rotatable bonds is 4. The third-order valence-corrected chi connectivity index (χ3v) is 6.61. The molecule has 2 aliphatic rings. The lowest BCUT2D eigenvalue weighted by Gasteiger charge is -2.36. The van der Waals surface area contributed by atoms with Crippen LogP contribution in [0.3, 0.4) is 0 Å². The van der Waals surface area contributed by atoms with E-state index in [1.165, 1.54) is 6.26 Å². The molecule has 1 atom stereocenters. The molecule has 0 heterocycles. The van der Waals surface area contributed by atoms with Crippen molar-refractivity contribution in [2.24, 2.45) is 11.8 Å². The van der Waals surface area contributed by atoms with Gasteiger partial charge in [0.2, 0.25) is 0 Å². The quantitative estimate of drug-likeness (QED) is 0.228. The van der Waals surface area contributed by atoms with Gasteiger partial charge in [0.15, 0.2) is 17.5 Å². The molecule has 0 amide bonds. The lowest BCUT2D eigenvalue weighted by atomic mass is 9.71. The van der Waals surface area contributed by atoms with Crippen LogP contribution >= 0.6 is 0 Å². The molecule has 1 nitrogen and oxygen atoms in total. The Morgan fingerprint density at radius 1 is 0.900 bits per heavy atom. The summed E-state index contributed by atoms with van der Waals surface area (Å²) in [5.74, 6) is -3.53. The van der Waals surface area contributed by atoms with E-state index in [-0.39, 0.29) is 17.2 Å². The van der Waals surface area contributed by atoms with E-state index in [1.54, 1.807) is 6.07 Å². The molecular formula is C25H24F4O. The van der Waals surface area contributed by atoms with Crippen LogP contribution in [0.2, 0.25) is 0 Å². The van der Waals surface area contributed by atoms with Crippen LogP contribution in [-0.4, -0.2) is 6.10 Å². The minimum Gasteiger partial charge on any atom is -0.490 e. The fourth-order valence-corrected chi connectivity index (χ4v) is 5.01. The summed E-state index contributed by atoms with van der Waals surface area (Å²) in [6.07, 6.45) is 8.23. The van der Waals surface area contributed by atoms with Crippen LogP contribution in [0.25, 0.3) is 11.1 Å². The Bertz CT molecular complexity index is 962. The molecule has 0 saturated heterocycles. The van der Waals surface area contributed by atoms with Gasteiger partial charge in [-0.3, -0.25) is 0 Å². The highest BCUT2D eigenvalue weighted by molar-refractivity contribution is 5.66. The Balaban J connectivity index is 1.50. The van der Waals surface area contributed by atoms with Crippen LogP contribution < -0.4 is 0 Å². The van der Waals surface area contributed by atoms with Gasteiger partial charge in [0.05, 0.1) is 6.10 Å². The lowest BCUT2D eigenvalue weighted by Crippen LogP contribution is -2.29.